The molecule has 0 saturated carbocycles. The molecule has 1 N–H and O–H groups in total. The molecule has 0 spiro atoms. The Morgan fingerprint density at radius 3 is 2.62 bits per heavy atom. The normalized spacial score (nSPS) is 27.7. The highest BCUT2D eigenvalue weighted by atomic mass is 19.1. The van der Waals surface area contributed by atoms with Crippen molar-refractivity contribution < 1.29 is 19.0 Å². The SMILES string of the molecule is O=C(CCOc1ccccc1F)N1C2CCC1CC(O)C2. The number of carbonyl (C=O) groups is 1. The van der Waals surface area contributed by atoms with Crippen molar-refractivity contribution in [2.45, 2.75) is 50.3 Å². The van der Waals surface area contributed by atoms with Gasteiger partial charge in [0.15, 0.2) is 11.6 Å². The number of halogens is 1. The van der Waals surface area contributed by atoms with E-state index in [2.05, 4.69) is 0 Å². The molecule has 2 unspecified atom stereocenters. The number of piperidine rings is 1. The van der Waals surface area contributed by atoms with Gasteiger partial charge in [-0.15, -0.1) is 0 Å². The Balaban J connectivity index is 1.52. The third kappa shape index (κ3) is 3.02. The molecule has 1 amide bonds. The maximum Gasteiger partial charge on any atom is 0.226 e. The van der Waals surface area contributed by atoms with Crippen molar-refractivity contribution >= 4 is 5.91 Å². The maximum atomic E-state index is 13.4. The number of aliphatic hydroxyl groups is 1. The van der Waals surface area contributed by atoms with Crippen LogP contribution in [0.25, 0.3) is 0 Å². The Hall–Kier alpha value is -1.62. The Morgan fingerprint density at radius 2 is 1.95 bits per heavy atom. The Labute approximate surface area is 123 Å². The summed E-state index contributed by atoms with van der Waals surface area (Å²) in [6.45, 7) is 0.179. The quantitative estimate of drug-likeness (QED) is 0.925. The van der Waals surface area contributed by atoms with E-state index >= 15 is 0 Å². The topological polar surface area (TPSA) is 49.8 Å². The number of hydrogen-bond acceptors (Lipinski definition) is 3. The van der Waals surface area contributed by atoms with Crippen molar-refractivity contribution in [3.05, 3.63) is 30.1 Å². The fraction of sp³-hybridized carbons (Fsp3) is 0.562. The fourth-order valence-electron chi connectivity index (χ4n) is 3.49. The van der Waals surface area contributed by atoms with E-state index in [4.69, 9.17) is 4.74 Å². The minimum atomic E-state index is -0.411. The molecule has 2 saturated heterocycles. The van der Waals surface area contributed by atoms with Crippen molar-refractivity contribution in [1.29, 1.82) is 0 Å². The first-order valence-electron chi connectivity index (χ1n) is 7.51. The van der Waals surface area contributed by atoms with Gasteiger partial charge in [0.1, 0.15) is 0 Å². The molecule has 1 aromatic rings. The number of carbonyl (C=O) groups excluding carboxylic acids is 1. The van der Waals surface area contributed by atoms with Gasteiger partial charge in [-0.05, 0) is 37.8 Å². The van der Waals surface area contributed by atoms with Gasteiger partial charge in [0.2, 0.25) is 5.91 Å². The lowest BCUT2D eigenvalue weighted by Gasteiger charge is -2.37. The predicted molar refractivity (Wildman–Crippen MR) is 75.4 cm³/mol. The van der Waals surface area contributed by atoms with Gasteiger partial charge in [0, 0.05) is 12.1 Å². The van der Waals surface area contributed by atoms with E-state index in [0.29, 0.717) is 12.8 Å². The van der Waals surface area contributed by atoms with Crippen LogP contribution in [0.5, 0.6) is 5.75 Å². The van der Waals surface area contributed by atoms with Crippen molar-refractivity contribution in [2.75, 3.05) is 6.61 Å². The van der Waals surface area contributed by atoms with E-state index < -0.39 is 5.82 Å². The molecule has 21 heavy (non-hydrogen) atoms. The second-order valence-electron chi connectivity index (χ2n) is 5.84. The number of para-hydroxylation sites is 1. The van der Waals surface area contributed by atoms with Gasteiger partial charge in [-0.3, -0.25) is 4.79 Å². The summed E-state index contributed by atoms with van der Waals surface area (Å²) in [5, 5.41) is 9.74. The minimum absolute atomic E-state index is 0.0470. The van der Waals surface area contributed by atoms with Gasteiger partial charge >= 0.3 is 0 Å². The van der Waals surface area contributed by atoms with Crippen LogP contribution >= 0.6 is 0 Å². The largest absolute Gasteiger partial charge is 0.490 e. The molecule has 3 rings (SSSR count). The fourth-order valence-corrected chi connectivity index (χ4v) is 3.49. The van der Waals surface area contributed by atoms with Crippen LogP contribution < -0.4 is 4.74 Å². The first-order valence-corrected chi connectivity index (χ1v) is 7.51. The number of fused-ring (bicyclic) bond motifs is 2. The third-order valence-corrected chi connectivity index (χ3v) is 4.41. The average Bonchev–Trinajstić information content (AvgIpc) is 2.73. The molecule has 0 radical (unpaired) electrons. The molecular weight excluding hydrogens is 273 g/mol. The van der Waals surface area contributed by atoms with Crippen LogP contribution in [-0.2, 0) is 4.79 Å². The highest BCUT2D eigenvalue weighted by molar-refractivity contribution is 5.77. The summed E-state index contributed by atoms with van der Waals surface area (Å²) in [6.07, 6.45) is 3.27. The molecule has 2 aliphatic heterocycles. The highest BCUT2D eigenvalue weighted by Crippen LogP contribution is 2.36. The zero-order valence-electron chi connectivity index (χ0n) is 11.9. The van der Waals surface area contributed by atoms with E-state index in [1.165, 1.54) is 6.07 Å². The number of hydrogen-bond donors (Lipinski definition) is 1. The Kier molecular flexibility index (Phi) is 4.10. The van der Waals surface area contributed by atoms with Crippen LogP contribution in [-0.4, -0.2) is 40.7 Å². The van der Waals surface area contributed by atoms with Crippen molar-refractivity contribution in [2.24, 2.45) is 0 Å². The van der Waals surface area contributed by atoms with Crippen LogP contribution in [0.1, 0.15) is 32.1 Å². The lowest BCUT2D eigenvalue weighted by molar-refractivity contribution is -0.137. The summed E-state index contributed by atoms with van der Waals surface area (Å²) in [6, 6.07) is 6.53. The molecule has 4 nitrogen and oxygen atoms in total. The van der Waals surface area contributed by atoms with Gasteiger partial charge in [-0.1, -0.05) is 12.1 Å². The van der Waals surface area contributed by atoms with Gasteiger partial charge in [0.05, 0.1) is 19.1 Å². The molecule has 2 aliphatic rings. The Bertz CT molecular complexity index is 508. The smallest absolute Gasteiger partial charge is 0.226 e. The highest BCUT2D eigenvalue weighted by Gasteiger charge is 2.42. The summed E-state index contributed by atoms with van der Waals surface area (Å²) >= 11 is 0. The molecule has 5 heteroatoms. The molecule has 2 heterocycles. The zero-order chi connectivity index (χ0) is 14.8. The Morgan fingerprint density at radius 1 is 1.29 bits per heavy atom. The number of amides is 1. The standard InChI is InChI=1S/C16H20FNO3/c17-14-3-1-2-4-15(14)21-8-7-16(20)18-11-5-6-12(18)10-13(19)9-11/h1-4,11-13,19H,5-10H2. The molecule has 0 aromatic heterocycles. The predicted octanol–water partition coefficient (Wildman–Crippen LogP) is 2.11. The van der Waals surface area contributed by atoms with Gasteiger partial charge in [-0.25, -0.2) is 4.39 Å². The number of aliphatic hydroxyl groups excluding tert-OH is 1. The summed E-state index contributed by atoms with van der Waals surface area (Å²) in [5.41, 5.74) is 0. The lowest BCUT2D eigenvalue weighted by atomic mass is 9.99. The third-order valence-electron chi connectivity index (χ3n) is 4.41. The van der Waals surface area contributed by atoms with Crippen LogP contribution in [0.15, 0.2) is 24.3 Å². The summed E-state index contributed by atoms with van der Waals surface area (Å²) in [4.78, 5) is 14.2. The first-order chi connectivity index (χ1) is 10.1. The van der Waals surface area contributed by atoms with Crippen LogP contribution in [0.3, 0.4) is 0 Å². The lowest BCUT2D eigenvalue weighted by Crippen LogP contribution is -2.48. The van der Waals surface area contributed by atoms with E-state index in [1.807, 2.05) is 4.90 Å². The van der Waals surface area contributed by atoms with E-state index in [1.54, 1.807) is 18.2 Å². The molecular formula is C16H20FNO3. The van der Waals surface area contributed by atoms with E-state index in [0.717, 1.165) is 12.8 Å². The second-order valence-corrected chi connectivity index (χ2v) is 5.84. The summed E-state index contributed by atoms with van der Waals surface area (Å²) in [5.74, 6) is -0.181. The number of rotatable bonds is 4. The minimum Gasteiger partial charge on any atom is -0.490 e. The zero-order valence-corrected chi connectivity index (χ0v) is 11.9. The average molecular weight is 293 g/mol. The van der Waals surface area contributed by atoms with Crippen molar-refractivity contribution in [3.8, 4) is 5.75 Å². The molecule has 1 aromatic carbocycles. The molecule has 2 atom stereocenters. The molecule has 2 bridgehead atoms. The molecule has 0 aliphatic carbocycles. The number of ether oxygens (including phenoxy) is 1. The van der Waals surface area contributed by atoms with Gasteiger partial charge in [0.25, 0.3) is 0 Å². The van der Waals surface area contributed by atoms with Crippen LogP contribution in [0.2, 0.25) is 0 Å². The van der Waals surface area contributed by atoms with Crippen LogP contribution in [0, 0.1) is 5.82 Å². The summed E-state index contributed by atoms with van der Waals surface area (Å²) < 4.78 is 18.7. The maximum absolute atomic E-state index is 13.4. The monoisotopic (exact) mass is 293 g/mol. The van der Waals surface area contributed by atoms with Gasteiger partial charge < -0.3 is 14.7 Å². The summed E-state index contributed by atoms with van der Waals surface area (Å²) in [7, 11) is 0. The molecule has 2 fully saturated rings. The van der Waals surface area contributed by atoms with E-state index in [-0.39, 0.29) is 42.9 Å². The van der Waals surface area contributed by atoms with Crippen molar-refractivity contribution in [1.82, 2.24) is 4.90 Å². The van der Waals surface area contributed by atoms with E-state index in [9.17, 15) is 14.3 Å². The number of benzene rings is 1. The van der Waals surface area contributed by atoms with Crippen molar-refractivity contribution in [3.63, 3.8) is 0 Å². The molecule has 114 valence electrons. The van der Waals surface area contributed by atoms with Gasteiger partial charge in [-0.2, -0.15) is 0 Å². The first kappa shape index (κ1) is 14.3. The second kappa shape index (κ2) is 6.02. The van der Waals surface area contributed by atoms with Crippen LogP contribution in [0.4, 0.5) is 4.39 Å². The number of nitrogens with zero attached hydrogens (tertiary/aromatic N) is 1.